The highest BCUT2D eigenvalue weighted by Crippen LogP contribution is 2.24. The lowest BCUT2D eigenvalue weighted by molar-refractivity contribution is -0.140. The molecule has 0 aliphatic carbocycles. The highest BCUT2D eigenvalue weighted by atomic mass is 16.5. The third-order valence-corrected chi connectivity index (χ3v) is 7.23. The minimum absolute atomic E-state index is 0.111. The van der Waals surface area contributed by atoms with Crippen molar-refractivity contribution < 1.29 is 18.8 Å². The Morgan fingerprint density at radius 1 is 1.16 bits per heavy atom. The molecule has 2 saturated heterocycles. The van der Waals surface area contributed by atoms with Gasteiger partial charge in [-0.25, -0.2) is 4.98 Å². The fraction of sp³-hybridized carbons (Fsp3) is 0.593. The summed E-state index contributed by atoms with van der Waals surface area (Å²) in [6.07, 6.45) is 1.12. The molecule has 0 bridgehead atoms. The van der Waals surface area contributed by atoms with E-state index in [9.17, 15) is 9.59 Å². The van der Waals surface area contributed by atoms with Gasteiger partial charge < -0.3 is 28.9 Å². The van der Waals surface area contributed by atoms with Crippen LogP contribution in [0.25, 0.3) is 11.0 Å². The number of hydrogen-bond acceptors (Lipinski definition) is 8. The molecule has 2 aliphatic heterocycles. The van der Waals surface area contributed by atoms with Crippen LogP contribution in [0.1, 0.15) is 42.6 Å². The summed E-state index contributed by atoms with van der Waals surface area (Å²) in [6.45, 7) is 10.7. The van der Waals surface area contributed by atoms with Gasteiger partial charge in [0, 0.05) is 51.7 Å². The zero-order chi connectivity index (χ0) is 26.6. The minimum Gasteiger partial charge on any atom is -0.378 e. The molecular weight excluding hydrogens is 486 g/mol. The van der Waals surface area contributed by atoms with Crippen molar-refractivity contribution in [3.05, 3.63) is 41.8 Å². The summed E-state index contributed by atoms with van der Waals surface area (Å²) < 4.78 is 12.7. The van der Waals surface area contributed by atoms with Crippen LogP contribution in [0.2, 0.25) is 0 Å². The van der Waals surface area contributed by atoms with Crippen LogP contribution in [0, 0.1) is 18.8 Å². The lowest BCUT2D eigenvalue weighted by Crippen LogP contribution is -2.56. The Bertz CT molecular complexity index is 1260. The first kappa shape index (κ1) is 26.3. The van der Waals surface area contributed by atoms with Crippen molar-refractivity contribution in [3.63, 3.8) is 0 Å². The van der Waals surface area contributed by atoms with Gasteiger partial charge in [0.25, 0.3) is 5.91 Å². The maximum Gasteiger partial charge on any atom is 0.290 e. The number of carbonyl (C=O) groups is 2. The number of imidazole rings is 1. The molecule has 1 aromatic carbocycles. The molecule has 2 atom stereocenters. The molecule has 3 aromatic rings. The SMILES string of the molecule is Cc1noc(CCn2c(C(=O)N(CC(C)C)[C@@H]3CNC[C@H](C(=O)N4CCOCC4)C3)nc3ccccc32)n1. The highest BCUT2D eigenvalue weighted by Gasteiger charge is 2.36. The van der Waals surface area contributed by atoms with Crippen molar-refractivity contribution in [1.29, 1.82) is 0 Å². The van der Waals surface area contributed by atoms with Crippen LogP contribution in [0.5, 0.6) is 0 Å². The predicted octanol–water partition coefficient (Wildman–Crippen LogP) is 1.91. The van der Waals surface area contributed by atoms with Crippen LogP contribution in [0.3, 0.4) is 0 Å². The monoisotopic (exact) mass is 523 g/mol. The van der Waals surface area contributed by atoms with E-state index in [0.717, 1.165) is 11.0 Å². The van der Waals surface area contributed by atoms with Gasteiger partial charge in [-0.1, -0.05) is 31.1 Å². The lowest BCUT2D eigenvalue weighted by atomic mass is 9.92. The molecule has 2 amide bonds. The number of rotatable bonds is 8. The van der Waals surface area contributed by atoms with Crippen LogP contribution in [0.4, 0.5) is 0 Å². The van der Waals surface area contributed by atoms with E-state index in [2.05, 4.69) is 29.3 Å². The Morgan fingerprint density at radius 3 is 2.68 bits per heavy atom. The Balaban J connectivity index is 1.40. The molecule has 1 N–H and O–H groups in total. The topological polar surface area (TPSA) is 119 Å². The Kier molecular flexibility index (Phi) is 8.04. The zero-order valence-electron chi connectivity index (χ0n) is 22.4. The van der Waals surface area contributed by atoms with E-state index in [1.807, 2.05) is 38.6 Å². The van der Waals surface area contributed by atoms with Gasteiger partial charge in [-0.15, -0.1) is 0 Å². The van der Waals surface area contributed by atoms with Crippen LogP contribution in [-0.4, -0.2) is 93.3 Å². The van der Waals surface area contributed by atoms with Crippen molar-refractivity contribution in [2.24, 2.45) is 11.8 Å². The number of fused-ring (bicyclic) bond motifs is 1. The number of para-hydroxylation sites is 2. The van der Waals surface area contributed by atoms with Crippen LogP contribution in [-0.2, 0) is 22.5 Å². The molecule has 38 heavy (non-hydrogen) atoms. The zero-order valence-corrected chi connectivity index (χ0v) is 22.4. The number of amides is 2. The second kappa shape index (κ2) is 11.6. The van der Waals surface area contributed by atoms with Gasteiger partial charge in [-0.2, -0.15) is 4.98 Å². The average Bonchev–Trinajstić information content (AvgIpc) is 3.53. The number of hydrogen-bond donors (Lipinski definition) is 1. The fourth-order valence-corrected chi connectivity index (χ4v) is 5.42. The average molecular weight is 524 g/mol. The van der Waals surface area contributed by atoms with Gasteiger partial charge in [0.05, 0.1) is 30.2 Å². The summed E-state index contributed by atoms with van der Waals surface area (Å²) in [5.41, 5.74) is 1.66. The third-order valence-electron chi connectivity index (χ3n) is 7.23. The molecule has 204 valence electrons. The fourth-order valence-electron chi connectivity index (χ4n) is 5.42. The standard InChI is InChI=1S/C27H37N7O4/c1-18(2)17-34(21-14-20(15-28-16-21)26(35)32-10-12-37-13-11-32)27(36)25-30-22-6-4-5-7-23(22)33(25)9-8-24-29-19(3)31-38-24/h4-7,18,20-21,28H,8-17H2,1-3H3/t20-,21+/m1/s1. The number of morpholine rings is 1. The van der Waals surface area contributed by atoms with Gasteiger partial charge in [-0.3, -0.25) is 9.59 Å². The van der Waals surface area contributed by atoms with Crippen LogP contribution >= 0.6 is 0 Å². The summed E-state index contributed by atoms with van der Waals surface area (Å²) in [5, 5.41) is 7.31. The van der Waals surface area contributed by atoms with E-state index in [-0.39, 0.29) is 29.7 Å². The molecular formula is C27H37N7O4. The molecule has 2 aliphatic rings. The van der Waals surface area contributed by atoms with Crippen molar-refractivity contribution in [1.82, 2.24) is 34.8 Å². The smallest absolute Gasteiger partial charge is 0.290 e. The number of carbonyl (C=O) groups excluding carboxylic acids is 2. The number of nitrogens with one attached hydrogen (secondary N) is 1. The molecule has 0 radical (unpaired) electrons. The molecule has 2 aromatic heterocycles. The number of nitrogens with zero attached hydrogens (tertiary/aromatic N) is 6. The van der Waals surface area contributed by atoms with Crippen molar-refractivity contribution >= 4 is 22.8 Å². The molecule has 4 heterocycles. The van der Waals surface area contributed by atoms with Crippen molar-refractivity contribution in [2.45, 2.75) is 46.2 Å². The summed E-state index contributed by atoms with van der Waals surface area (Å²) in [6, 6.07) is 7.66. The summed E-state index contributed by atoms with van der Waals surface area (Å²) in [7, 11) is 0. The number of aromatic nitrogens is 4. The van der Waals surface area contributed by atoms with Crippen molar-refractivity contribution in [2.75, 3.05) is 45.9 Å². The largest absolute Gasteiger partial charge is 0.378 e. The van der Waals surface area contributed by atoms with Gasteiger partial charge in [0.1, 0.15) is 0 Å². The predicted molar refractivity (Wildman–Crippen MR) is 141 cm³/mol. The van der Waals surface area contributed by atoms with Crippen molar-refractivity contribution in [3.8, 4) is 0 Å². The molecule has 11 heteroatoms. The quantitative estimate of drug-likeness (QED) is 0.476. The highest BCUT2D eigenvalue weighted by molar-refractivity contribution is 5.95. The molecule has 0 unspecified atom stereocenters. The first-order chi connectivity index (χ1) is 18.4. The van der Waals surface area contributed by atoms with E-state index < -0.39 is 0 Å². The van der Waals surface area contributed by atoms with Gasteiger partial charge in [0.2, 0.25) is 11.8 Å². The number of piperidine rings is 1. The molecule has 2 fully saturated rings. The summed E-state index contributed by atoms with van der Waals surface area (Å²) >= 11 is 0. The number of benzene rings is 1. The first-order valence-corrected chi connectivity index (χ1v) is 13.5. The third kappa shape index (κ3) is 5.73. The molecule has 0 spiro atoms. The Morgan fingerprint density at radius 2 is 1.95 bits per heavy atom. The summed E-state index contributed by atoms with van der Waals surface area (Å²) in [5.74, 6) is 1.61. The first-order valence-electron chi connectivity index (χ1n) is 13.5. The maximum atomic E-state index is 14.2. The maximum absolute atomic E-state index is 14.2. The number of aryl methyl sites for hydroxylation is 3. The Labute approximate surface area is 222 Å². The lowest BCUT2D eigenvalue weighted by Gasteiger charge is -2.40. The van der Waals surface area contributed by atoms with E-state index in [1.165, 1.54) is 0 Å². The van der Waals surface area contributed by atoms with Gasteiger partial charge in [0.15, 0.2) is 11.6 Å². The second-order valence-corrected chi connectivity index (χ2v) is 10.6. The second-order valence-electron chi connectivity index (χ2n) is 10.6. The van der Waals surface area contributed by atoms with E-state index in [1.54, 1.807) is 6.92 Å². The van der Waals surface area contributed by atoms with E-state index >= 15 is 0 Å². The molecule has 0 saturated carbocycles. The Hall–Kier alpha value is -3.31. The molecule has 5 rings (SSSR count). The van der Waals surface area contributed by atoms with Crippen LogP contribution in [0.15, 0.2) is 28.8 Å². The normalized spacial score (nSPS) is 20.3. The number of ether oxygens (including phenoxy) is 1. The minimum atomic E-state index is -0.172. The van der Waals surface area contributed by atoms with Gasteiger partial charge >= 0.3 is 0 Å². The van der Waals surface area contributed by atoms with E-state index in [0.29, 0.717) is 82.9 Å². The molecule has 11 nitrogen and oxygen atoms in total. The van der Waals surface area contributed by atoms with Crippen LogP contribution < -0.4 is 5.32 Å². The summed E-state index contributed by atoms with van der Waals surface area (Å²) in [4.78, 5) is 40.4. The van der Waals surface area contributed by atoms with Gasteiger partial charge in [-0.05, 0) is 31.4 Å². The van der Waals surface area contributed by atoms with E-state index in [4.69, 9.17) is 14.2 Å².